The van der Waals surface area contributed by atoms with E-state index in [4.69, 9.17) is 15.2 Å². The number of urea groups is 1. The molecule has 0 saturated heterocycles. The second kappa shape index (κ2) is 10.2. The topological polar surface area (TPSA) is 81.9 Å². The standard InChI is InChI=1S/C22H25F3N2O4/c1-4-27(21(26)29)13-15-12-16(22(23,24)25)7-8-17(15)18-10-14(6-9-19(18)30-3)11-20(28)31-5-2/h6-10,12H,4-5,11,13H2,1-3H3,(H2,26,29). The Labute approximate surface area is 178 Å². The summed E-state index contributed by atoms with van der Waals surface area (Å²) in [5.74, 6) is -0.00659. The van der Waals surface area contributed by atoms with Gasteiger partial charge >= 0.3 is 18.2 Å². The monoisotopic (exact) mass is 438 g/mol. The van der Waals surface area contributed by atoms with Crippen molar-refractivity contribution in [1.82, 2.24) is 4.90 Å². The summed E-state index contributed by atoms with van der Waals surface area (Å²) in [6.45, 7) is 3.73. The minimum atomic E-state index is -4.55. The summed E-state index contributed by atoms with van der Waals surface area (Å²) < 4.78 is 50.3. The third-order valence-electron chi connectivity index (χ3n) is 4.70. The van der Waals surface area contributed by atoms with E-state index in [-0.39, 0.29) is 31.7 Å². The van der Waals surface area contributed by atoms with Crippen LogP contribution in [0, 0.1) is 0 Å². The molecule has 2 N–H and O–H groups in total. The molecule has 0 radical (unpaired) electrons. The Morgan fingerprint density at radius 1 is 1.06 bits per heavy atom. The van der Waals surface area contributed by atoms with Crippen molar-refractivity contribution in [1.29, 1.82) is 0 Å². The summed E-state index contributed by atoms with van der Waals surface area (Å²) in [5, 5.41) is 0. The Bertz CT molecular complexity index is 945. The maximum Gasteiger partial charge on any atom is 0.416 e. The molecule has 2 rings (SSSR count). The minimum absolute atomic E-state index is 0.00315. The van der Waals surface area contributed by atoms with Gasteiger partial charge in [0, 0.05) is 18.7 Å². The van der Waals surface area contributed by atoms with Crippen LogP contribution < -0.4 is 10.5 Å². The number of halogens is 3. The molecule has 0 bridgehead atoms. The molecule has 31 heavy (non-hydrogen) atoms. The Morgan fingerprint density at radius 2 is 1.77 bits per heavy atom. The Balaban J connectivity index is 2.61. The molecule has 0 aromatic heterocycles. The molecular formula is C22H25F3N2O4. The van der Waals surface area contributed by atoms with Crippen LogP contribution in [0.15, 0.2) is 36.4 Å². The average Bonchev–Trinajstić information content (AvgIpc) is 2.71. The highest BCUT2D eigenvalue weighted by molar-refractivity contribution is 5.78. The maximum atomic E-state index is 13.3. The van der Waals surface area contributed by atoms with E-state index in [2.05, 4.69) is 0 Å². The number of ether oxygens (including phenoxy) is 2. The zero-order valence-corrected chi connectivity index (χ0v) is 17.6. The zero-order chi connectivity index (χ0) is 23.2. The molecular weight excluding hydrogens is 413 g/mol. The van der Waals surface area contributed by atoms with Gasteiger partial charge in [-0.2, -0.15) is 13.2 Å². The van der Waals surface area contributed by atoms with Gasteiger partial charge in [0.05, 0.1) is 25.7 Å². The largest absolute Gasteiger partial charge is 0.496 e. The fourth-order valence-corrected chi connectivity index (χ4v) is 3.17. The van der Waals surface area contributed by atoms with E-state index >= 15 is 0 Å². The smallest absolute Gasteiger partial charge is 0.416 e. The lowest BCUT2D eigenvalue weighted by Crippen LogP contribution is -2.35. The summed E-state index contributed by atoms with van der Waals surface area (Å²) in [4.78, 5) is 24.8. The zero-order valence-electron chi connectivity index (χ0n) is 17.6. The molecule has 168 valence electrons. The maximum absolute atomic E-state index is 13.3. The number of benzene rings is 2. The molecule has 2 aromatic carbocycles. The molecule has 0 aliphatic carbocycles. The fraction of sp³-hybridized carbons (Fsp3) is 0.364. The molecule has 0 aliphatic rings. The van der Waals surface area contributed by atoms with Crippen LogP contribution in [0.2, 0.25) is 0 Å². The van der Waals surface area contributed by atoms with Crippen molar-refractivity contribution in [3.8, 4) is 16.9 Å². The number of carbonyl (C=O) groups excluding carboxylic acids is 2. The van der Waals surface area contributed by atoms with Gasteiger partial charge in [0.15, 0.2) is 0 Å². The van der Waals surface area contributed by atoms with Crippen LogP contribution >= 0.6 is 0 Å². The van der Waals surface area contributed by atoms with Crippen molar-refractivity contribution in [2.75, 3.05) is 20.3 Å². The molecule has 0 saturated carbocycles. The van der Waals surface area contributed by atoms with Gasteiger partial charge in [-0.1, -0.05) is 12.1 Å². The van der Waals surface area contributed by atoms with Gasteiger partial charge in [0.25, 0.3) is 0 Å². The molecule has 0 aliphatic heterocycles. The van der Waals surface area contributed by atoms with Gasteiger partial charge in [-0.25, -0.2) is 4.79 Å². The lowest BCUT2D eigenvalue weighted by Gasteiger charge is -2.22. The summed E-state index contributed by atoms with van der Waals surface area (Å²) in [6, 6.07) is 7.55. The number of carbonyl (C=O) groups is 2. The van der Waals surface area contributed by atoms with E-state index in [0.29, 0.717) is 22.4 Å². The fourth-order valence-electron chi connectivity index (χ4n) is 3.17. The first kappa shape index (κ1) is 24.0. The van der Waals surface area contributed by atoms with Gasteiger partial charge in [-0.15, -0.1) is 0 Å². The molecule has 0 spiro atoms. The van der Waals surface area contributed by atoms with Gasteiger partial charge in [-0.05, 0) is 54.8 Å². The average molecular weight is 438 g/mol. The van der Waals surface area contributed by atoms with Crippen molar-refractivity contribution in [2.45, 2.75) is 33.0 Å². The van der Waals surface area contributed by atoms with Crippen molar-refractivity contribution >= 4 is 12.0 Å². The Morgan fingerprint density at radius 3 is 2.32 bits per heavy atom. The molecule has 0 atom stereocenters. The van der Waals surface area contributed by atoms with Gasteiger partial charge in [-0.3, -0.25) is 4.79 Å². The number of nitrogens with two attached hydrogens (primary N) is 1. The minimum Gasteiger partial charge on any atom is -0.496 e. The normalized spacial score (nSPS) is 11.2. The highest BCUT2D eigenvalue weighted by Crippen LogP contribution is 2.38. The molecule has 0 fully saturated rings. The number of alkyl halides is 3. The molecule has 0 unspecified atom stereocenters. The van der Waals surface area contributed by atoms with Crippen LogP contribution in [0.3, 0.4) is 0 Å². The van der Waals surface area contributed by atoms with E-state index < -0.39 is 23.7 Å². The van der Waals surface area contributed by atoms with Crippen LogP contribution in [0.4, 0.5) is 18.0 Å². The van der Waals surface area contributed by atoms with E-state index in [1.807, 2.05) is 0 Å². The van der Waals surface area contributed by atoms with E-state index in [9.17, 15) is 22.8 Å². The molecule has 6 nitrogen and oxygen atoms in total. The summed E-state index contributed by atoms with van der Waals surface area (Å²) >= 11 is 0. The third kappa shape index (κ3) is 6.13. The van der Waals surface area contributed by atoms with Crippen LogP contribution in [-0.4, -0.2) is 37.2 Å². The van der Waals surface area contributed by atoms with Gasteiger partial charge < -0.3 is 20.1 Å². The first-order chi connectivity index (χ1) is 14.6. The lowest BCUT2D eigenvalue weighted by molar-refractivity contribution is -0.142. The Kier molecular flexibility index (Phi) is 7.90. The van der Waals surface area contributed by atoms with Crippen LogP contribution in [0.25, 0.3) is 11.1 Å². The van der Waals surface area contributed by atoms with Gasteiger partial charge in [0.1, 0.15) is 5.75 Å². The van der Waals surface area contributed by atoms with Crippen LogP contribution in [0.1, 0.15) is 30.5 Å². The number of nitrogens with zero attached hydrogens (tertiary/aromatic N) is 1. The summed E-state index contributed by atoms with van der Waals surface area (Å²) in [6.07, 6.45) is -4.55. The van der Waals surface area contributed by atoms with E-state index in [1.54, 1.807) is 32.0 Å². The van der Waals surface area contributed by atoms with Crippen LogP contribution in [0.5, 0.6) is 5.75 Å². The summed E-state index contributed by atoms with van der Waals surface area (Å²) in [7, 11) is 1.44. The van der Waals surface area contributed by atoms with Crippen molar-refractivity contribution < 1.29 is 32.2 Å². The number of rotatable bonds is 8. The number of methoxy groups -OCH3 is 1. The van der Waals surface area contributed by atoms with E-state index in [0.717, 1.165) is 12.1 Å². The SMILES string of the molecule is CCOC(=O)Cc1ccc(OC)c(-c2ccc(C(F)(F)F)cc2CN(CC)C(N)=O)c1. The second-order valence-corrected chi connectivity index (χ2v) is 6.74. The molecule has 0 heterocycles. The van der Waals surface area contributed by atoms with Crippen molar-refractivity contribution in [2.24, 2.45) is 5.73 Å². The number of amides is 2. The molecule has 9 heteroatoms. The number of esters is 1. The lowest BCUT2D eigenvalue weighted by atomic mass is 9.94. The first-order valence-electron chi connectivity index (χ1n) is 9.68. The van der Waals surface area contributed by atoms with Crippen molar-refractivity contribution in [3.63, 3.8) is 0 Å². The molecule has 2 aromatic rings. The first-order valence-corrected chi connectivity index (χ1v) is 9.68. The van der Waals surface area contributed by atoms with Crippen LogP contribution in [-0.2, 0) is 28.7 Å². The highest BCUT2D eigenvalue weighted by atomic mass is 19.4. The number of hydrogen-bond donors (Lipinski definition) is 1. The van der Waals surface area contributed by atoms with E-state index in [1.165, 1.54) is 18.1 Å². The quantitative estimate of drug-likeness (QED) is 0.620. The predicted octanol–water partition coefficient (Wildman–Crippen LogP) is 4.39. The van der Waals surface area contributed by atoms with Gasteiger partial charge in [0.2, 0.25) is 0 Å². The number of primary amides is 1. The predicted molar refractivity (Wildman–Crippen MR) is 109 cm³/mol. The van der Waals surface area contributed by atoms with Crippen molar-refractivity contribution in [3.05, 3.63) is 53.1 Å². The Hall–Kier alpha value is -3.23. The highest BCUT2D eigenvalue weighted by Gasteiger charge is 2.31. The third-order valence-corrected chi connectivity index (χ3v) is 4.70. The summed E-state index contributed by atoms with van der Waals surface area (Å²) in [5.41, 5.74) is 6.32. The number of hydrogen-bond acceptors (Lipinski definition) is 4. The second-order valence-electron chi connectivity index (χ2n) is 6.74. The molecule has 2 amide bonds.